The lowest BCUT2D eigenvalue weighted by atomic mass is 9.52. The van der Waals surface area contributed by atoms with Gasteiger partial charge in [0.15, 0.2) is 5.82 Å². The minimum Gasteiger partial charge on any atom is -0.493 e. The molecular formula is C24H33N3O. The molecule has 0 radical (unpaired) electrons. The molecule has 1 aliphatic heterocycles. The topological polar surface area (TPSA) is 39.9 Å². The van der Waals surface area contributed by atoms with E-state index in [0.29, 0.717) is 5.41 Å². The molecule has 0 spiro atoms. The molecule has 0 amide bonds. The Kier molecular flexibility index (Phi) is 4.48. The van der Waals surface area contributed by atoms with Crippen LogP contribution in [0.15, 0.2) is 18.2 Å². The van der Waals surface area contributed by atoms with E-state index >= 15 is 0 Å². The van der Waals surface area contributed by atoms with E-state index in [9.17, 15) is 0 Å². The maximum absolute atomic E-state index is 5.66. The van der Waals surface area contributed by atoms with E-state index in [2.05, 4.69) is 41.8 Å². The summed E-state index contributed by atoms with van der Waals surface area (Å²) in [6.45, 7) is 3.11. The maximum atomic E-state index is 5.66. The van der Waals surface area contributed by atoms with E-state index in [1.807, 2.05) is 0 Å². The Balaban J connectivity index is 1.37. The standard InChI is InChI=1S/C24H33N3O/c1-3-4-5-9-23-10-13-24(14-11-23,15-12-23)22-26-25-21(27(22)2)19-6-7-20-18(17-19)8-16-28-20/h6-7,17H,3-5,8-16H2,1-2H3. The van der Waals surface area contributed by atoms with E-state index < -0.39 is 0 Å². The number of rotatable bonds is 6. The van der Waals surface area contributed by atoms with E-state index in [-0.39, 0.29) is 5.41 Å². The highest BCUT2D eigenvalue weighted by molar-refractivity contribution is 5.60. The average molecular weight is 380 g/mol. The van der Waals surface area contributed by atoms with Crippen molar-refractivity contribution in [3.63, 3.8) is 0 Å². The predicted octanol–water partition coefficient (Wildman–Crippen LogP) is 5.59. The van der Waals surface area contributed by atoms with Crippen LogP contribution >= 0.6 is 0 Å². The molecule has 2 bridgehead atoms. The van der Waals surface area contributed by atoms with Crippen LogP contribution in [-0.4, -0.2) is 21.4 Å². The third-order valence-corrected chi connectivity index (χ3v) is 8.01. The van der Waals surface area contributed by atoms with Crippen molar-refractivity contribution in [3.8, 4) is 17.1 Å². The van der Waals surface area contributed by atoms with Crippen molar-refractivity contribution in [1.29, 1.82) is 0 Å². The Hall–Kier alpha value is -1.84. The van der Waals surface area contributed by atoms with Crippen LogP contribution in [0.4, 0.5) is 0 Å². The number of benzene rings is 1. The van der Waals surface area contributed by atoms with Gasteiger partial charge in [-0.1, -0.05) is 26.2 Å². The Bertz CT molecular complexity index is 844. The summed E-state index contributed by atoms with van der Waals surface area (Å²) in [6, 6.07) is 6.47. The number of hydrogen-bond acceptors (Lipinski definition) is 3. The van der Waals surface area contributed by atoms with Gasteiger partial charge in [0.1, 0.15) is 11.6 Å². The van der Waals surface area contributed by atoms with E-state index in [1.165, 1.54) is 81.2 Å². The Morgan fingerprint density at radius 2 is 1.82 bits per heavy atom. The molecule has 4 nitrogen and oxygen atoms in total. The highest BCUT2D eigenvalue weighted by atomic mass is 16.5. The zero-order valence-electron chi connectivity index (χ0n) is 17.5. The van der Waals surface area contributed by atoms with Gasteiger partial charge in [0.05, 0.1) is 6.61 Å². The zero-order valence-corrected chi connectivity index (χ0v) is 17.5. The molecule has 1 aromatic carbocycles. The van der Waals surface area contributed by atoms with Crippen LogP contribution in [-0.2, 0) is 18.9 Å². The fourth-order valence-corrected chi connectivity index (χ4v) is 6.09. The van der Waals surface area contributed by atoms with Gasteiger partial charge in [-0.3, -0.25) is 0 Å². The predicted molar refractivity (Wildman–Crippen MR) is 112 cm³/mol. The number of ether oxygens (including phenoxy) is 1. The van der Waals surface area contributed by atoms with E-state index in [0.717, 1.165) is 24.6 Å². The zero-order chi connectivity index (χ0) is 19.2. The third kappa shape index (κ3) is 2.87. The molecule has 3 fully saturated rings. The fraction of sp³-hybridized carbons (Fsp3) is 0.667. The first-order chi connectivity index (χ1) is 13.6. The first-order valence-electron chi connectivity index (χ1n) is 11.3. The lowest BCUT2D eigenvalue weighted by Gasteiger charge is -2.53. The van der Waals surface area contributed by atoms with Crippen molar-refractivity contribution >= 4 is 0 Å². The Morgan fingerprint density at radius 1 is 1.04 bits per heavy atom. The van der Waals surface area contributed by atoms with Gasteiger partial charge in [-0.05, 0) is 74.1 Å². The number of aromatic nitrogens is 3. The lowest BCUT2D eigenvalue weighted by Crippen LogP contribution is -2.45. The van der Waals surface area contributed by atoms with Crippen LogP contribution in [0.25, 0.3) is 11.4 Å². The van der Waals surface area contributed by atoms with Crippen LogP contribution in [0.2, 0.25) is 0 Å². The Morgan fingerprint density at radius 3 is 2.57 bits per heavy atom. The summed E-state index contributed by atoms with van der Waals surface area (Å²) in [7, 11) is 2.17. The first-order valence-corrected chi connectivity index (χ1v) is 11.3. The molecule has 0 atom stereocenters. The van der Waals surface area contributed by atoms with Crippen LogP contribution in [0.1, 0.15) is 82.5 Å². The normalized spacial score (nSPS) is 28.4. The molecule has 2 heterocycles. The van der Waals surface area contributed by atoms with Gasteiger partial charge in [-0.2, -0.15) is 0 Å². The van der Waals surface area contributed by atoms with Crippen LogP contribution in [0, 0.1) is 5.41 Å². The largest absolute Gasteiger partial charge is 0.493 e. The summed E-state index contributed by atoms with van der Waals surface area (Å²) in [6.07, 6.45) is 14.6. The number of fused-ring (bicyclic) bond motifs is 4. The third-order valence-electron chi connectivity index (χ3n) is 8.01. The molecule has 28 heavy (non-hydrogen) atoms. The quantitative estimate of drug-likeness (QED) is 0.614. The second kappa shape index (κ2) is 6.89. The van der Waals surface area contributed by atoms with Gasteiger partial charge in [0, 0.05) is 24.4 Å². The fourth-order valence-electron chi connectivity index (χ4n) is 6.09. The molecule has 4 aliphatic rings. The molecule has 150 valence electrons. The van der Waals surface area contributed by atoms with Crippen molar-refractivity contribution < 1.29 is 4.74 Å². The lowest BCUT2D eigenvalue weighted by molar-refractivity contribution is 0.0250. The van der Waals surface area contributed by atoms with Gasteiger partial charge < -0.3 is 9.30 Å². The van der Waals surface area contributed by atoms with Crippen molar-refractivity contribution in [1.82, 2.24) is 14.8 Å². The molecule has 1 aromatic heterocycles. The average Bonchev–Trinajstić information content (AvgIpc) is 3.35. The van der Waals surface area contributed by atoms with Crippen molar-refractivity contribution in [3.05, 3.63) is 29.6 Å². The molecule has 4 heteroatoms. The summed E-state index contributed by atoms with van der Waals surface area (Å²) >= 11 is 0. The minimum atomic E-state index is 0.256. The van der Waals surface area contributed by atoms with Crippen LogP contribution in [0.3, 0.4) is 0 Å². The summed E-state index contributed by atoms with van der Waals surface area (Å²) in [5.74, 6) is 3.26. The molecule has 0 unspecified atom stereocenters. The summed E-state index contributed by atoms with van der Waals surface area (Å²) in [5, 5.41) is 9.40. The number of unbranched alkanes of at least 4 members (excludes halogenated alkanes) is 2. The molecular weight excluding hydrogens is 346 g/mol. The van der Waals surface area contributed by atoms with Crippen molar-refractivity contribution in [2.45, 2.75) is 83.0 Å². The summed E-state index contributed by atoms with van der Waals surface area (Å²) in [5.41, 5.74) is 3.36. The summed E-state index contributed by atoms with van der Waals surface area (Å²) < 4.78 is 7.94. The van der Waals surface area contributed by atoms with Crippen molar-refractivity contribution in [2.75, 3.05) is 6.61 Å². The SMILES string of the molecule is CCCCCC12CCC(c3nnc(-c4ccc5c(c4)CCO5)n3C)(CC1)CC2. The van der Waals surface area contributed by atoms with E-state index in [1.54, 1.807) is 0 Å². The summed E-state index contributed by atoms with van der Waals surface area (Å²) in [4.78, 5) is 0. The maximum Gasteiger partial charge on any atom is 0.163 e. The monoisotopic (exact) mass is 379 g/mol. The molecule has 6 rings (SSSR count). The first kappa shape index (κ1) is 18.2. The Labute approximate surface area is 168 Å². The molecule has 2 aromatic rings. The number of nitrogens with zero attached hydrogens (tertiary/aromatic N) is 3. The number of hydrogen-bond donors (Lipinski definition) is 0. The second-order valence-corrected chi connectivity index (χ2v) is 9.56. The highest BCUT2D eigenvalue weighted by Gasteiger charge is 2.51. The molecule has 0 saturated heterocycles. The van der Waals surface area contributed by atoms with Gasteiger partial charge in [-0.25, -0.2) is 0 Å². The smallest absolute Gasteiger partial charge is 0.163 e. The van der Waals surface area contributed by atoms with Crippen molar-refractivity contribution in [2.24, 2.45) is 12.5 Å². The van der Waals surface area contributed by atoms with Crippen LogP contribution in [0.5, 0.6) is 5.75 Å². The van der Waals surface area contributed by atoms with Gasteiger partial charge in [0.2, 0.25) is 0 Å². The van der Waals surface area contributed by atoms with E-state index in [4.69, 9.17) is 9.84 Å². The van der Waals surface area contributed by atoms with Crippen LogP contribution < -0.4 is 4.74 Å². The molecule has 3 saturated carbocycles. The molecule has 0 N–H and O–H groups in total. The van der Waals surface area contributed by atoms with Gasteiger partial charge >= 0.3 is 0 Å². The minimum absolute atomic E-state index is 0.256. The van der Waals surface area contributed by atoms with Gasteiger partial charge in [-0.15, -0.1) is 10.2 Å². The molecule has 3 aliphatic carbocycles. The second-order valence-electron chi connectivity index (χ2n) is 9.56. The highest BCUT2D eigenvalue weighted by Crippen LogP contribution is 2.59. The van der Waals surface area contributed by atoms with Gasteiger partial charge in [0.25, 0.3) is 0 Å².